The third-order valence-electron chi connectivity index (χ3n) is 3.06. The number of aryl methyl sites for hydroxylation is 1. The van der Waals surface area contributed by atoms with E-state index in [1.165, 1.54) is 6.20 Å². The van der Waals surface area contributed by atoms with Gasteiger partial charge in [0.15, 0.2) is 5.03 Å². The predicted molar refractivity (Wildman–Crippen MR) is 78.3 cm³/mol. The summed E-state index contributed by atoms with van der Waals surface area (Å²) in [6, 6.07) is 7.68. The van der Waals surface area contributed by atoms with Crippen LogP contribution in [0.4, 0.5) is 0 Å². The molecule has 0 aliphatic carbocycles. The van der Waals surface area contributed by atoms with Crippen LogP contribution in [0.15, 0.2) is 35.5 Å². The number of nitrogens with zero attached hydrogens (tertiary/aromatic N) is 2. The lowest BCUT2D eigenvalue weighted by Gasteiger charge is -2.02. The van der Waals surface area contributed by atoms with Crippen molar-refractivity contribution in [2.24, 2.45) is 0 Å². The average molecular weight is 305 g/mol. The molecule has 0 radical (unpaired) electrons. The number of fused-ring (bicyclic) bond motifs is 1. The molecule has 0 spiro atoms. The molecule has 0 saturated heterocycles. The van der Waals surface area contributed by atoms with Gasteiger partial charge in [-0.05, 0) is 19.1 Å². The molecule has 0 unspecified atom stereocenters. The number of aromatic amines is 2. The van der Waals surface area contributed by atoms with E-state index in [4.69, 9.17) is 0 Å². The molecule has 110 valence electrons. The van der Waals surface area contributed by atoms with Crippen molar-refractivity contribution >= 4 is 21.1 Å². The first-order valence-electron chi connectivity index (χ1n) is 6.49. The lowest BCUT2D eigenvalue weighted by Crippen LogP contribution is -2.26. The van der Waals surface area contributed by atoms with Gasteiger partial charge < -0.3 is 9.97 Å². The van der Waals surface area contributed by atoms with Crippen LogP contribution >= 0.6 is 0 Å². The van der Waals surface area contributed by atoms with E-state index >= 15 is 0 Å². The number of nitrogens with one attached hydrogen (secondary N) is 3. The molecule has 8 heteroatoms. The van der Waals surface area contributed by atoms with Crippen molar-refractivity contribution in [3.8, 4) is 0 Å². The lowest BCUT2D eigenvalue weighted by molar-refractivity contribution is 0.577. The number of imidazole rings is 2. The fourth-order valence-corrected chi connectivity index (χ4v) is 3.04. The van der Waals surface area contributed by atoms with Gasteiger partial charge in [-0.15, -0.1) is 0 Å². The smallest absolute Gasteiger partial charge is 0.257 e. The second-order valence-electron chi connectivity index (χ2n) is 4.68. The average Bonchev–Trinajstić information content (AvgIpc) is 3.04. The van der Waals surface area contributed by atoms with E-state index < -0.39 is 10.0 Å². The maximum absolute atomic E-state index is 12.0. The molecule has 2 aromatic heterocycles. The number of hydrogen-bond acceptors (Lipinski definition) is 4. The van der Waals surface area contributed by atoms with Crippen LogP contribution < -0.4 is 4.72 Å². The number of aromatic nitrogens is 4. The highest BCUT2D eigenvalue weighted by molar-refractivity contribution is 7.89. The molecule has 3 rings (SSSR count). The molecule has 2 heterocycles. The highest BCUT2D eigenvalue weighted by atomic mass is 32.2. The minimum Gasteiger partial charge on any atom is -0.342 e. The van der Waals surface area contributed by atoms with E-state index in [1.807, 2.05) is 24.3 Å². The van der Waals surface area contributed by atoms with Gasteiger partial charge in [0, 0.05) is 13.0 Å². The number of rotatable bonds is 5. The van der Waals surface area contributed by atoms with Gasteiger partial charge in [-0.2, -0.15) is 0 Å². The van der Waals surface area contributed by atoms with Crippen molar-refractivity contribution in [2.45, 2.75) is 18.4 Å². The molecule has 0 saturated carbocycles. The Morgan fingerprint density at radius 2 is 2.05 bits per heavy atom. The topological polar surface area (TPSA) is 104 Å². The molecular formula is C13H15N5O2S. The van der Waals surface area contributed by atoms with Crippen LogP contribution in [-0.2, 0) is 16.4 Å². The first-order valence-corrected chi connectivity index (χ1v) is 7.98. The van der Waals surface area contributed by atoms with Gasteiger partial charge in [0.05, 0.1) is 17.2 Å². The zero-order chi connectivity index (χ0) is 14.9. The molecule has 3 N–H and O–H groups in total. The van der Waals surface area contributed by atoms with Crippen molar-refractivity contribution in [3.63, 3.8) is 0 Å². The zero-order valence-corrected chi connectivity index (χ0v) is 12.2. The van der Waals surface area contributed by atoms with Crippen LogP contribution in [0, 0.1) is 6.92 Å². The first-order chi connectivity index (χ1) is 10.0. The second kappa shape index (κ2) is 5.30. The van der Waals surface area contributed by atoms with Crippen LogP contribution in [0.3, 0.4) is 0 Å². The quantitative estimate of drug-likeness (QED) is 0.657. The number of benzene rings is 1. The largest absolute Gasteiger partial charge is 0.342 e. The van der Waals surface area contributed by atoms with Crippen LogP contribution in [0.1, 0.15) is 11.6 Å². The Bertz CT molecular complexity index is 832. The Hall–Kier alpha value is -2.19. The highest BCUT2D eigenvalue weighted by Crippen LogP contribution is 2.10. The summed E-state index contributed by atoms with van der Waals surface area (Å²) in [5, 5.41) is 0.0737. The van der Waals surface area contributed by atoms with Crippen molar-refractivity contribution in [1.82, 2.24) is 24.7 Å². The maximum atomic E-state index is 12.0. The van der Waals surface area contributed by atoms with Crippen molar-refractivity contribution in [3.05, 3.63) is 42.1 Å². The molecule has 7 nitrogen and oxygen atoms in total. The lowest BCUT2D eigenvalue weighted by atomic mass is 10.3. The molecule has 0 atom stereocenters. The minimum absolute atomic E-state index is 0.0737. The van der Waals surface area contributed by atoms with Gasteiger partial charge in [-0.1, -0.05) is 12.1 Å². The van der Waals surface area contributed by atoms with E-state index in [0.717, 1.165) is 16.9 Å². The van der Waals surface area contributed by atoms with Crippen LogP contribution in [0.25, 0.3) is 11.0 Å². The van der Waals surface area contributed by atoms with Gasteiger partial charge in [0.1, 0.15) is 11.6 Å². The second-order valence-corrected chi connectivity index (χ2v) is 6.42. The van der Waals surface area contributed by atoms with Gasteiger partial charge in [-0.3, -0.25) is 0 Å². The van der Waals surface area contributed by atoms with Crippen LogP contribution in [0.2, 0.25) is 0 Å². The summed E-state index contributed by atoms with van der Waals surface area (Å²) in [6.45, 7) is 1.97. The summed E-state index contributed by atoms with van der Waals surface area (Å²) < 4.78 is 26.5. The van der Waals surface area contributed by atoms with Gasteiger partial charge in [0.2, 0.25) is 0 Å². The van der Waals surface area contributed by atoms with E-state index in [1.54, 1.807) is 6.92 Å². The zero-order valence-electron chi connectivity index (χ0n) is 11.4. The normalized spacial score (nSPS) is 12.0. The van der Waals surface area contributed by atoms with E-state index in [0.29, 0.717) is 12.2 Å². The molecule has 0 amide bonds. The first kappa shape index (κ1) is 13.8. The third kappa shape index (κ3) is 2.96. The molecular weight excluding hydrogens is 290 g/mol. The number of para-hydroxylation sites is 2. The Labute approximate surface area is 121 Å². The SMILES string of the molecule is Cc1ncc(S(=O)(=O)NCCc2nc3ccccc3[nH]2)[nH]1. The maximum Gasteiger partial charge on any atom is 0.257 e. The minimum atomic E-state index is -3.55. The standard InChI is InChI=1S/C13H15N5O2S/c1-9-14-8-13(16-9)21(19,20)15-7-6-12-17-10-4-2-3-5-11(10)18-12/h2-5,8,15H,6-7H2,1H3,(H,14,16)(H,17,18). The molecule has 21 heavy (non-hydrogen) atoms. The summed E-state index contributed by atoms with van der Waals surface area (Å²) in [4.78, 5) is 14.1. The van der Waals surface area contributed by atoms with Gasteiger partial charge in [-0.25, -0.2) is 23.1 Å². The number of hydrogen-bond donors (Lipinski definition) is 3. The fourth-order valence-electron chi connectivity index (χ4n) is 2.04. The van der Waals surface area contributed by atoms with E-state index in [2.05, 4.69) is 24.7 Å². The van der Waals surface area contributed by atoms with E-state index in [-0.39, 0.29) is 11.6 Å². The van der Waals surface area contributed by atoms with E-state index in [9.17, 15) is 8.42 Å². The van der Waals surface area contributed by atoms with Gasteiger partial charge >= 0.3 is 0 Å². The monoisotopic (exact) mass is 305 g/mol. The van der Waals surface area contributed by atoms with Crippen LogP contribution in [-0.4, -0.2) is 34.9 Å². The Kier molecular flexibility index (Phi) is 3.48. The Morgan fingerprint density at radius 3 is 2.76 bits per heavy atom. The number of sulfonamides is 1. The van der Waals surface area contributed by atoms with Crippen molar-refractivity contribution < 1.29 is 8.42 Å². The molecule has 0 aliphatic heterocycles. The third-order valence-corrected chi connectivity index (χ3v) is 4.43. The predicted octanol–water partition coefficient (Wildman–Crippen LogP) is 1.12. The molecule has 0 fully saturated rings. The van der Waals surface area contributed by atoms with Gasteiger partial charge in [0.25, 0.3) is 10.0 Å². The molecule has 3 aromatic rings. The van der Waals surface area contributed by atoms with Crippen LogP contribution in [0.5, 0.6) is 0 Å². The Balaban J connectivity index is 1.65. The summed E-state index contributed by atoms with van der Waals surface area (Å²) in [5.41, 5.74) is 1.82. The fraction of sp³-hybridized carbons (Fsp3) is 0.231. The van der Waals surface area contributed by atoms with Crippen molar-refractivity contribution in [2.75, 3.05) is 6.54 Å². The Morgan fingerprint density at radius 1 is 1.24 bits per heavy atom. The molecule has 1 aromatic carbocycles. The summed E-state index contributed by atoms with van der Waals surface area (Å²) in [6.07, 6.45) is 1.79. The summed E-state index contributed by atoms with van der Waals surface area (Å²) in [7, 11) is -3.55. The van der Waals surface area contributed by atoms with Crippen molar-refractivity contribution in [1.29, 1.82) is 0 Å². The molecule has 0 aliphatic rings. The summed E-state index contributed by atoms with van der Waals surface area (Å²) in [5.74, 6) is 1.31. The summed E-state index contributed by atoms with van der Waals surface area (Å²) >= 11 is 0. The highest BCUT2D eigenvalue weighted by Gasteiger charge is 2.16. The number of H-pyrrole nitrogens is 2. The molecule has 0 bridgehead atoms.